The Labute approximate surface area is 182 Å². The van der Waals surface area contributed by atoms with E-state index in [1.54, 1.807) is 25.3 Å². The van der Waals surface area contributed by atoms with E-state index in [0.717, 1.165) is 6.42 Å². The van der Waals surface area contributed by atoms with E-state index in [1.165, 1.54) is 27.9 Å². The SMILES string of the molecule is COc1cccc(Cl)c1C(=O)N1CCc2cc(-c3cccc(N(C)C)c3)ccc2C1. The van der Waals surface area contributed by atoms with Gasteiger partial charge < -0.3 is 14.5 Å². The second kappa shape index (κ2) is 8.41. The van der Waals surface area contributed by atoms with E-state index in [9.17, 15) is 4.79 Å². The number of carbonyl (C=O) groups is 1. The van der Waals surface area contributed by atoms with Gasteiger partial charge in [-0.3, -0.25) is 4.79 Å². The first-order chi connectivity index (χ1) is 14.5. The molecule has 1 amide bonds. The lowest BCUT2D eigenvalue weighted by atomic mass is 9.94. The molecule has 30 heavy (non-hydrogen) atoms. The number of ether oxygens (including phenoxy) is 1. The molecule has 4 rings (SSSR count). The van der Waals surface area contributed by atoms with Crippen molar-refractivity contribution in [1.29, 1.82) is 0 Å². The molecule has 0 fully saturated rings. The van der Waals surface area contributed by atoms with Crippen molar-refractivity contribution in [3.63, 3.8) is 0 Å². The van der Waals surface area contributed by atoms with Crippen molar-refractivity contribution in [1.82, 2.24) is 4.90 Å². The highest BCUT2D eigenvalue weighted by atomic mass is 35.5. The number of amides is 1. The molecule has 0 aromatic heterocycles. The Bertz CT molecular complexity index is 1090. The minimum atomic E-state index is -0.0918. The Balaban J connectivity index is 1.59. The van der Waals surface area contributed by atoms with Gasteiger partial charge in [-0.25, -0.2) is 0 Å². The molecule has 0 atom stereocenters. The third kappa shape index (κ3) is 3.88. The first-order valence-electron chi connectivity index (χ1n) is 9.99. The third-order valence-corrected chi connectivity index (χ3v) is 5.93. The molecule has 0 aliphatic carbocycles. The van der Waals surface area contributed by atoms with Crippen LogP contribution in [0.2, 0.25) is 5.02 Å². The van der Waals surface area contributed by atoms with Gasteiger partial charge in [0.25, 0.3) is 5.91 Å². The number of hydrogen-bond donors (Lipinski definition) is 0. The number of hydrogen-bond acceptors (Lipinski definition) is 3. The van der Waals surface area contributed by atoms with Gasteiger partial charge in [-0.2, -0.15) is 0 Å². The van der Waals surface area contributed by atoms with Crippen molar-refractivity contribution >= 4 is 23.2 Å². The number of nitrogens with zero attached hydrogens (tertiary/aromatic N) is 2. The summed E-state index contributed by atoms with van der Waals surface area (Å²) in [4.78, 5) is 17.1. The summed E-state index contributed by atoms with van der Waals surface area (Å²) in [7, 11) is 5.65. The predicted molar refractivity (Wildman–Crippen MR) is 123 cm³/mol. The predicted octanol–water partition coefficient (Wildman–Crippen LogP) is 5.28. The normalized spacial score (nSPS) is 13.0. The summed E-state index contributed by atoms with van der Waals surface area (Å²) in [5, 5.41) is 0.418. The molecule has 1 heterocycles. The second-order valence-corrected chi connectivity index (χ2v) is 8.13. The van der Waals surface area contributed by atoms with Gasteiger partial charge in [0.1, 0.15) is 11.3 Å². The van der Waals surface area contributed by atoms with Crippen LogP contribution in [0.4, 0.5) is 5.69 Å². The maximum atomic E-state index is 13.2. The molecule has 0 spiro atoms. The Kier molecular flexibility index (Phi) is 5.69. The van der Waals surface area contributed by atoms with Crippen molar-refractivity contribution in [2.45, 2.75) is 13.0 Å². The van der Waals surface area contributed by atoms with E-state index in [2.05, 4.69) is 47.4 Å². The smallest absolute Gasteiger partial charge is 0.259 e. The van der Waals surface area contributed by atoms with E-state index in [4.69, 9.17) is 16.3 Å². The van der Waals surface area contributed by atoms with E-state index in [1.807, 2.05) is 19.0 Å². The first-order valence-corrected chi connectivity index (χ1v) is 10.4. The van der Waals surface area contributed by atoms with E-state index in [0.29, 0.717) is 29.4 Å². The van der Waals surface area contributed by atoms with Crippen LogP contribution in [0, 0.1) is 0 Å². The molecule has 0 unspecified atom stereocenters. The standard InChI is InChI=1S/C25H25ClN2O2/c1-27(2)21-7-4-6-17(15-21)18-10-11-20-16-28(13-12-19(20)14-18)25(29)24-22(26)8-5-9-23(24)30-3/h4-11,14-15H,12-13,16H2,1-3H3. The van der Waals surface area contributed by atoms with Crippen LogP contribution in [-0.2, 0) is 13.0 Å². The van der Waals surface area contributed by atoms with Crippen molar-refractivity contribution in [3.05, 3.63) is 82.4 Å². The number of benzene rings is 3. The second-order valence-electron chi connectivity index (χ2n) is 7.72. The summed E-state index contributed by atoms with van der Waals surface area (Å²) in [6.07, 6.45) is 0.815. The monoisotopic (exact) mass is 420 g/mol. The summed E-state index contributed by atoms with van der Waals surface area (Å²) in [6.45, 7) is 1.22. The lowest BCUT2D eigenvalue weighted by molar-refractivity contribution is 0.0731. The van der Waals surface area contributed by atoms with Crippen LogP contribution in [0.3, 0.4) is 0 Å². The molecule has 0 bridgehead atoms. The average Bonchev–Trinajstić information content (AvgIpc) is 2.77. The van der Waals surface area contributed by atoms with Gasteiger partial charge in [0.15, 0.2) is 0 Å². The summed E-state index contributed by atoms with van der Waals surface area (Å²) in [5.41, 5.74) is 6.47. The molecule has 0 saturated heterocycles. The maximum absolute atomic E-state index is 13.2. The Morgan fingerprint density at radius 2 is 1.77 bits per heavy atom. The molecule has 3 aromatic rings. The van der Waals surface area contributed by atoms with Crippen LogP contribution in [0.15, 0.2) is 60.7 Å². The average molecular weight is 421 g/mol. The molecular formula is C25H25ClN2O2. The van der Waals surface area contributed by atoms with Crippen molar-refractivity contribution < 1.29 is 9.53 Å². The number of rotatable bonds is 4. The molecule has 154 valence electrons. The number of halogens is 1. The van der Waals surface area contributed by atoms with Crippen LogP contribution in [0.5, 0.6) is 5.75 Å². The van der Waals surface area contributed by atoms with Gasteiger partial charge in [-0.15, -0.1) is 0 Å². The molecular weight excluding hydrogens is 396 g/mol. The fourth-order valence-corrected chi connectivity index (χ4v) is 4.16. The zero-order valence-corrected chi connectivity index (χ0v) is 18.2. The topological polar surface area (TPSA) is 32.8 Å². The Morgan fingerprint density at radius 1 is 1.00 bits per heavy atom. The minimum absolute atomic E-state index is 0.0918. The minimum Gasteiger partial charge on any atom is -0.496 e. The highest BCUT2D eigenvalue weighted by molar-refractivity contribution is 6.34. The third-order valence-electron chi connectivity index (χ3n) is 5.61. The van der Waals surface area contributed by atoms with Gasteiger partial charge in [0.05, 0.1) is 12.1 Å². The Morgan fingerprint density at radius 3 is 2.53 bits per heavy atom. The molecule has 1 aliphatic rings. The van der Waals surface area contributed by atoms with Gasteiger partial charge in [0.2, 0.25) is 0 Å². The van der Waals surface area contributed by atoms with Crippen LogP contribution in [0.25, 0.3) is 11.1 Å². The van der Waals surface area contributed by atoms with Gasteiger partial charge in [0, 0.05) is 32.9 Å². The lowest BCUT2D eigenvalue weighted by Crippen LogP contribution is -2.36. The summed E-state index contributed by atoms with van der Waals surface area (Å²) in [6, 6.07) is 20.3. The Hall–Kier alpha value is -2.98. The summed E-state index contributed by atoms with van der Waals surface area (Å²) in [5.74, 6) is 0.417. The molecule has 3 aromatic carbocycles. The van der Waals surface area contributed by atoms with Gasteiger partial charge in [-0.1, -0.05) is 48.0 Å². The van der Waals surface area contributed by atoms with Crippen LogP contribution in [-0.4, -0.2) is 38.6 Å². The highest BCUT2D eigenvalue weighted by Crippen LogP contribution is 2.32. The summed E-state index contributed by atoms with van der Waals surface area (Å²) >= 11 is 6.32. The molecule has 5 heteroatoms. The maximum Gasteiger partial charge on any atom is 0.259 e. The number of fused-ring (bicyclic) bond motifs is 1. The van der Waals surface area contributed by atoms with Crippen LogP contribution < -0.4 is 9.64 Å². The van der Waals surface area contributed by atoms with Crippen LogP contribution in [0.1, 0.15) is 21.5 Å². The zero-order valence-electron chi connectivity index (χ0n) is 17.5. The fourth-order valence-electron chi connectivity index (χ4n) is 3.91. The van der Waals surface area contributed by atoms with E-state index in [-0.39, 0.29) is 5.91 Å². The molecule has 0 saturated carbocycles. The van der Waals surface area contributed by atoms with Crippen LogP contribution >= 0.6 is 11.6 Å². The lowest BCUT2D eigenvalue weighted by Gasteiger charge is -2.30. The largest absolute Gasteiger partial charge is 0.496 e. The molecule has 0 radical (unpaired) electrons. The molecule has 1 aliphatic heterocycles. The number of carbonyl (C=O) groups excluding carboxylic acids is 1. The zero-order chi connectivity index (χ0) is 21.3. The quantitative estimate of drug-likeness (QED) is 0.575. The number of methoxy groups -OCH3 is 1. The fraction of sp³-hybridized carbons (Fsp3) is 0.240. The van der Waals surface area contributed by atoms with Gasteiger partial charge >= 0.3 is 0 Å². The van der Waals surface area contributed by atoms with Crippen molar-refractivity contribution in [2.75, 3.05) is 32.6 Å². The summed E-state index contributed by atoms with van der Waals surface area (Å²) < 4.78 is 5.36. The van der Waals surface area contributed by atoms with Gasteiger partial charge in [-0.05, 0) is 52.9 Å². The van der Waals surface area contributed by atoms with Crippen molar-refractivity contribution in [2.24, 2.45) is 0 Å². The van der Waals surface area contributed by atoms with E-state index >= 15 is 0 Å². The first kappa shape index (κ1) is 20.3. The van der Waals surface area contributed by atoms with Crippen molar-refractivity contribution in [3.8, 4) is 16.9 Å². The highest BCUT2D eigenvalue weighted by Gasteiger charge is 2.26. The molecule has 0 N–H and O–H groups in total. The van der Waals surface area contributed by atoms with E-state index < -0.39 is 0 Å². The molecule has 4 nitrogen and oxygen atoms in total. The number of anilines is 1.